The minimum atomic E-state index is -0.446. The lowest BCUT2D eigenvalue weighted by Gasteiger charge is -2.32. The van der Waals surface area contributed by atoms with Gasteiger partial charge in [0, 0.05) is 11.9 Å². The van der Waals surface area contributed by atoms with Crippen LogP contribution in [-0.2, 0) is 4.79 Å². The predicted octanol–water partition coefficient (Wildman–Crippen LogP) is 2.95. The van der Waals surface area contributed by atoms with Crippen molar-refractivity contribution < 1.29 is 4.79 Å². The zero-order valence-corrected chi connectivity index (χ0v) is 10.7. The van der Waals surface area contributed by atoms with Crippen molar-refractivity contribution in [1.82, 2.24) is 5.32 Å². The predicted molar refractivity (Wildman–Crippen MR) is 64.1 cm³/mol. The summed E-state index contributed by atoms with van der Waals surface area (Å²) in [4.78, 5) is 11.9. The monoisotopic (exact) mass is 231 g/mol. The molecule has 0 aromatic carbocycles. The van der Waals surface area contributed by atoms with Gasteiger partial charge < -0.3 is 5.32 Å². The topological polar surface area (TPSA) is 29.1 Å². The zero-order valence-electron chi connectivity index (χ0n) is 9.98. The molecule has 0 spiro atoms. The second-order valence-electron chi connectivity index (χ2n) is 5.36. The summed E-state index contributed by atoms with van der Waals surface area (Å²) in [6, 6.07) is 0.355. The third kappa shape index (κ3) is 3.37. The van der Waals surface area contributed by atoms with E-state index in [-0.39, 0.29) is 5.91 Å². The van der Waals surface area contributed by atoms with Gasteiger partial charge in [-0.05, 0) is 32.6 Å². The summed E-state index contributed by atoms with van der Waals surface area (Å²) in [6.07, 6.45) is 4.88. The highest BCUT2D eigenvalue weighted by Gasteiger charge is 2.30. The first-order valence-electron chi connectivity index (χ1n) is 5.84. The Morgan fingerprint density at radius 3 is 2.53 bits per heavy atom. The van der Waals surface area contributed by atoms with E-state index in [0.717, 1.165) is 6.42 Å². The third-order valence-electron chi connectivity index (χ3n) is 3.38. The van der Waals surface area contributed by atoms with Gasteiger partial charge >= 0.3 is 0 Å². The van der Waals surface area contributed by atoms with Crippen molar-refractivity contribution in [3.05, 3.63) is 0 Å². The second kappa shape index (κ2) is 5.20. The maximum absolute atomic E-state index is 11.9. The number of hydrogen-bond donors (Lipinski definition) is 1. The van der Waals surface area contributed by atoms with Crippen LogP contribution in [0.15, 0.2) is 0 Å². The van der Waals surface area contributed by atoms with Crippen LogP contribution in [0.4, 0.5) is 0 Å². The van der Waals surface area contributed by atoms with Gasteiger partial charge in [0.05, 0.1) is 5.41 Å². The molecule has 2 unspecified atom stereocenters. The lowest BCUT2D eigenvalue weighted by molar-refractivity contribution is -0.129. The van der Waals surface area contributed by atoms with Crippen LogP contribution >= 0.6 is 11.6 Å². The molecule has 1 fully saturated rings. The van der Waals surface area contributed by atoms with Gasteiger partial charge in [-0.2, -0.15) is 0 Å². The molecule has 1 rings (SSSR count). The van der Waals surface area contributed by atoms with Crippen molar-refractivity contribution in [3.8, 4) is 0 Å². The molecule has 2 atom stereocenters. The van der Waals surface area contributed by atoms with E-state index in [9.17, 15) is 4.79 Å². The lowest BCUT2D eigenvalue weighted by Crippen LogP contribution is -2.47. The first-order valence-corrected chi connectivity index (χ1v) is 6.38. The minimum absolute atomic E-state index is 0.0938. The van der Waals surface area contributed by atoms with E-state index >= 15 is 0 Å². The van der Waals surface area contributed by atoms with Crippen LogP contribution in [-0.4, -0.2) is 17.8 Å². The van der Waals surface area contributed by atoms with Crippen molar-refractivity contribution in [2.75, 3.05) is 5.88 Å². The molecule has 1 aliphatic carbocycles. The molecule has 1 amide bonds. The summed E-state index contributed by atoms with van der Waals surface area (Å²) in [6.45, 7) is 6.00. The van der Waals surface area contributed by atoms with E-state index < -0.39 is 5.41 Å². The average molecular weight is 232 g/mol. The fraction of sp³-hybridized carbons (Fsp3) is 0.917. The molecule has 0 aromatic heterocycles. The van der Waals surface area contributed by atoms with Gasteiger partial charge in [0.2, 0.25) is 5.91 Å². The average Bonchev–Trinajstić information content (AvgIpc) is 2.21. The van der Waals surface area contributed by atoms with Gasteiger partial charge in [0.25, 0.3) is 0 Å². The molecule has 1 N–H and O–H groups in total. The molecule has 3 heteroatoms. The van der Waals surface area contributed by atoms with E-state index in [4.69, 9.17) is 11.6 Å². The summed E-state index contributed by atoms with van der Waals surface area (Å²) in [5.74, 6) is 1.07. The first kappa shape index (κ1) is 12.8. The Balaban J connectivity index is 2.50. The Bertz CT molecular complexity index is 228. The molecular weight excluding hydrogens is 210 g/mol. The van der Waals surface area contributed by atoms with Gasteiger partial charge in [-0.3, -0.25) is 4.79 Å². The summed E-state index contributed by atoms with van der Waals surface area (Å²) in [5, 5.41) is 3.14. The highest BCUT2D eigenvalue weighted by atomic mass is 35.5. The van der Waals surface area contributed by atoms with Crippen LogP contribution in [0.25, 0.3) is 0 Å². The molecule has 1 aliphatic rings. The van der Waals surface area contributed by atoms with Crippen LogP contribution in [0.2, 0.25) is 0 Å². The number of nitrogens with one attached hydrogen (secondary N) is 1. The van der Waals surface area contributed by atoms with E-state index in [1.54, 1.807) is 0 Å². The van der Waals surface area contributed by atoms with Crippen molar-refractivity contribution in [3.63, 3.8) is 0 Å². The zero-order chi connectivity index (χ0) is 11.5. The van der Waals surface area contributed by atoms with Crippen molar-refractivity contribution in [2.24, 2.45) is 11.3 Å². The van der Waals surface area contributed by atoms with Gasteiger partial charge in [-0.1, -0.05) is 19.8 Å². The van der Waals surface area contributed by atoms with Crippen LogP contribution in [0.3, 0.4) is 0 Å². The third-order valence-corrected chi connectivity index (χ3v) is 4.04. The molecule has 0 saturated heterocycles. The van der Waals surface area contributed by atoms with Crippen molar-refractivity contribution >= 4 is 17.5 Å². The van der Waals surface area contributed by atoms with Crippen molar-refractivity contribution in [2.45, 2.75) is 52.5 Å². The number of amides is 1. The molecule has 2 nitrogen and oxygen atoms in total. The summed E-state index contributed by atoms with van der Waals surface area (Å²) in [5.41, 5.74) is -0.446. The summed E-state index contributed by atoms with van der Waals surface area (Å²) < 4.78 is 0. The number of carbonyl (C=O) groups excluding carboxylic acids is 1. The number of rotatable bonds is 3. The first-order chi connectivity index (χ1) is 6.97. The number of hydrogen-bond acceptors (Lipinski definition) is 1. The molecule has 15 heavy (non-hydrogen) atoms. The van der Waals surface area contributed by atoms with Crippen LogP contribution < -0.4 is 5.32 Å². The maximum atomic E-state index is 11.9. The SMILES string of the molecule is CC1CCCCC1NC(=O)C(C)(C)CCl. The minimum Gasteiger partial charge on any atom is -0.353 e. The Hall–Kier alpha value is -0.240. The Morgan fingerprint density at radius 2 is 2.00 bits per heavy atom. The molecule has 0 heterocycles. The Morgan fingerprint density at radius 1 is 1.40 bits per heavy atom. The van der Waals surface area contributed by atoms with Gasteiger partial charge in [0.15, 0.2) is 0 Å². The molecular formula is C12H22ClNO. The molecule has 1 saturated carbocycles. The van der Waals surface area contributed by atoms with Crippen LogP contribution in [0.5, 0.6) is 0 Å². The van der Waals surface area contributed by atoms with E-state index in [0.29, 0.717) is 17.8 Å². The van der Waals surface area contributed by atoms with E-state index in [2.05, 4.69) is 12.2 Å². The number of carbonyl (C=O) groups is 1. The standard InChI is InChI=1S/C12H22ClNO/c1-9-6-4-5-7-10(9)14-11(15)12(2,3)8-13/h9-10H,4-8H2,1-3H3,(H,14,15). The quantitative estimate of drug-likeness (QED) is 0.744. The summed E-state index contributed by atoms with van der Waals surface area (Å²) >= 11 is 5.78. The van der Waals surface area contributed by atoms with Crippen LogP contribution in [0.1, 0.15) is 46.5 Å². The normalized spacial score (nSPS) is 27.5. The fourth-order valence-electron chi connectivity index (χ4n) is 1.96. The smallest absolute Gasteiger partial charge is 0.227 e. The molecule has 0 aromatic rings. The highest BCUT2D eigenvalue weighted by molar-refractivity contribution is 6.19. The molecule has 0 bridgehead atoms. The second-order valence-corrected chi connectivity index (χ2v) is 5.63. The number of halogens is 1. The van der Waals surface area contributed by atoms with Gasteiger partial charge in [-0.25, -0.2) is 0 Å². The fourth-order valence-corrected chi connectivity index (χ4v) is 2.08. The van der Waals surface area contributed by atoms with Gasteiger partial charge in [0.1, 0.15) is 0 Å². The molecule has 0 radical (unpaired) electrons. The number of alkyl halides is 1. The van der Waals surface area contributed by atoms with Crippen molar-refractivity contribution in [1.29, 1.82) is 0 Å². The molecule has 88 valence electrons. The van der Waals surface area contributed by atoms with E-state index in [1.165, 1.54) is 19.3 Å². The Kier molecular flexibility index (Phi) is 4.45. The highest BCUT2D eigenvalue weighted by Crippen LogP contribution is 2.25. The van der Waals surface area contributed by atoms with Gasteiger partial charge in [-0.15, -0.1) is 11.6 Å². The maximum Gasteiger partial charge on any atom is 0.227 e. The lowest BCUT2D eigenvalue weighted by atomic mass is 9.84. The molecule has 0 aliphatic heterocycles. The summed E-state index contributed by atoms with van der Waals surface area (Å²) in [7, 11) is 0. The largest absolute Gasteiger partial charge is 0.353 e. The van der Waals surface area contributed by atoms with Crippen LogP contribution in [0, 0.1) is 11.3 Å². The Labute approximate surface area is 97.8 Å². The van der Waals surface area contributed by atoms with E-state index in [1.807, 2.05) is 13.8 Å².